The molecule has 0 aromatic heterocycles. The molecule has 0 radical (unpaired) electrons. The van der Waals surface area contributed by atoms with Crippen molar-refractivity contribution in [1.29, 1.82) is 0 Å². The van der Waals surface area contributed by atoms with E-state index in [0.29, 0.717) is 24.6 Å². The minimum Gasteiger partial charge on any atom is -0.375 e. The van der Waals surface area contributed by atoms with Gasteiger partial charge in [0.15, 0.2) is 5.11 Å². The average Bonchev–Trinajstić information content (AvgIpc) is 2.24. The number of thiocarbonyl (C=S) groups is 1. The Morgan fingerprint density at radius 3 is 2.71 bits per heavy atom. The molecule has 1 spiro atoms. The number of hydrogen-bond donors (Lipinski definition) is 2. The maximum absolute atomic E-state index is 11.7. The first kappa shape index (κ1) is 9.86. The Balaban J connectivity index is 2.24. The number of carbonyl (C=O) groups excluding carboxylic acids is 1. The Hall–Kier alpha value is -0.680. The summed E-state index contributed by atoms with van der Waals surface area (Å²) in [5.74, 6) is -0.0149. The van der Waals surface area contributed by atoms with E-state index in [1.165, 1.54) is 0 Å². The molecular formula is C9H14N2O2S. The highest BCUT2D eigenvalue weighted by atomic mass is 32.1. The van der Waals surface area contributed by atoms with Crippen molar-refractivity contribution in [3.63, 3.8) is 0 Å². The lowest BCUT2D eigenvalue weighted by molar-refractivity contribution is -0.136. The highest BCUT2D eigenvalue weighted by Gasteiger charge is 2.50. The zero-order valence-electron chi connectivity index (χ0n) is 8.35. The summed E-state index contributed by atoms with van der Waals surface area (Å²) in [5, 5.41) is 6.14. The summed E-state index contributed by atoms with van der Waals surface area (Å²) in [6, 6.07) is 0. The molecule has 2 rings (SSSR count). The predicted molar refractivity (Wildman–Crippen MR) is 55.9 cm³/mol. The normalized spacial score (nSPS) is 35.6. The molecule has 0 aromatic carbocycles. The molecule has 2 aliphatic heterocycles. The smallest absolute Gasteiger partial charge is 0.252 e. The highest BCUT2D eigenvalue weighted by molar-refractivity contribution is 7.80. The molecule has 2 saturated heterocycles. The summed E-state index contributed by atoms with van der Waals surface area (Å²) in [6.45, 7) is 4.57. The fraction of sp³-hybridized carbons (Fsp3) is 0.778. The number of hydrogen-bond acceptors (Lipinski definition) is 3. The third kappa shape index (κ3) is 1.50. The van der Waals surface area contributed by atoms with E-state index in [9.17, 15) is 4.79 Å². The zero-order chi connectivity index (χ0) is 10.4. The van der Waals surface area contributed by atoms with E-state index in [1.54, 1.807) is 0 Å². The van der Waals surface area contributed by atoms with Gasteiger partial charge in [-0.25, -0.2) is 0 Å². The molecule has 2 aliphatic rings. The van der Waals surface area contributed by atoms with Crippen molar-refractivity contribution in [2.24, 2.45) is 0 Å². The van der Waals surface area contributed by atoms with Gasteiger partial charge in [0, 0.05) is 12.8 Å². The molecule has 1 atom stereocenters. The summed E-state index contributed by atoms with van der Waals surface area (Å²) in [6.07, 6.45) is 1.34. The van der Waals surface area contributed by atoms with Crippen molar-refractivity contribution in [3.05, 3.63) is 0 Å². The number of rotatable bonds is 0. The second kappa shape index (κ2) is 2.90. The summed E-state index contributed by atoms with van der Waals surface area (Å²) < 4.78 is 5.57. The molecule has 5 heteroatoms. The van der Waals surface area contributed by atoms with Crippen molar-refractivity contribution in [1.82, 2.24) is 10.6 Å². The van der Waals surface area contributed by atoms with Crippen LogP contribution in [0, 0.1) is 0 Å². The van der Waals surface area contributed by atoms with Crippen molar-refractivity contribution < 1.29 is 9.53 Å². The lowest BCUT2D eigenvalue weighted by atomic mass is 9.81. The predicted octanol–water partition coefficient (Wildman–Crippen LogP) is 0.319. The number of amides is 1. The molecule has 1 unspecified atom stereocenters. The van der Waals surface area contributed by atoms with Gasteiger partial charge in [0.05, 0.1) is 12.2 Å². The van der Waals surface area contributed by atoms with Crippen LogP contribution in [-0.4, -0.2) is 28.8 Å². The molecule has 4 nitrogen and oxygen atoms in total. The first-order chi connectivity index (χ1) is 6.44. The first-order valence-electron chi connectivity index (χ1n) is 4.71. The first-order valence-corrected chi connectivity index (χ1v) is 5.12. The Morgan fingerprint density at radius 1 is 1.50 bits per heavy atom. The minimum absolute atomic E-state index is 0.0149. The van der Waals surface area contributed by atoms with Crippen molar-refractivity contribution >= 4 is 23.2 Å². The van der Waals surface area contributed by atoms with Gasteiger partial charge in [-0.15, -0.1) is 0 Å². The van der Waals surface area contributed by atoms with E-state index in [-0.39, 0.29) is 11.5 Å². The maximum atomic E-state index is 11.7. The molecule has 2 heterocycles. The largest absolute Gasteiger partial charge is 0.375 e. The maximum Gasteiger partial charge on any atom is 0.252 e. The molecular weight excluding hydrogens is 200 g/mol. The second-order valence-electron chi connectivity index (χ2n) is 4.53. The van der Waals surface area contributed by atoms with Crippen LogP contribution in [0.5, 0.6) is 0 Å². The van der Waals surface area contributed by atoms with E-state index in [2.05, 4.69) is 10.6 Å². The molecule has 2 N–H and O–H groups in total. The van der Waals surface area contributed by atoms with Crippen LogP contribution in [-0.2, 0) is 9.53 Å². The topological polar surface area (TPSA) is 50.4 Å². The third-order valence-electron chi connectivity index (χ3n) is 2.76. The lowest BCUT2D eigenvalue weighted by Gasteiger charge is -2.40. The summed E-state index contributed by atoms with van der Waals surface area (Å²) in [5.41, 5.74) is -0.790. The fourth-order valence-corrected chi connectivity index (χ4v) is 2.48. The van der Waals surface area contributed by atoms with E-state index in [4.69, 9.17) is 17.0 Å². The molecule has 0 bridgehead atoms. The Bertz CT molecular complexity index is 303. The molecule has 0 saturated carbocycles. The van der Waals surface area contributed by atoms with Crippen molar-refractivity contribution in [2.75, 3.05) is 6.61 Å². The summed E-state index contributed by atoms with van der Waals surface area (Å²) in [4.78, 5) is 11.7. The van der Waals surface area contributed by atoms with Gasteiger partial charge >= 0.3 is 0 Å². The number of nitrogens with one attached hydrogen (secondary N) is 2. The zero-order valence-corrected chi connectivity index (χ0v) is 9.16. The van der Waals surface area contributed by atoms with Gasteiger partial charge in [0.25, 0.3) is 5.91 Å². The lowest BCUT2D eigenvalue weighted by Crippen LogP contribution is -2.56. The van der Waals surface area contributed by atoms with Gasteiger partial charge in [-0.3, -0.25) is 4.79 Å². The van der Waals surface area contributed by atoms with Crippen molar-refractivity contribution in [3.8, 4) is 0 Å². The fourth-order valence-electron chi connectivity index (χ4n) is 2.20. The quantitative estimate of drug-likeness (QED) is 0.570. The van der Waals surface area contributed by atoms with Crippen LogP contribution < -0.4 is 10.6 Å². The van der Waals surface area contributed by atoms with E-state index < -0.39 is 5.54 Å². The SMILES string of the molecule is CC1(C)CC2(CCO1)NC(=S)NC2=O. The van der Waals surface area contributed by atoms with E-state index in [1.807, 2.05) is 13.8 Å². The van der Waals surface area contributed by atoms with Gasteiger partial charge in [-0.2, -0.15) is 0 Å². The van der Waals surface area contributed by atoms with E-state index >= 15 is 0 Å². The molecule has 78 valence electrons. The van der Waals surface area contributed by atoms with E-state index in [0.717, 1.165) is 0 Å². The third-order valence-corrected chi connectivity index (χ3v) is 2.97. The van der Waals surface area contributed by atoms with Crippen LogP contribution in [0.4, 0.5) is 0 Å². The van der Waals surface area contributed by atoms with Crippen LogP contribution in [0.3, 0.4) is 0 Å². The minimum atomic E-state index is -0.529. The van der Waals surface area contributed by atoms with Gasteiger partial charge in [-0.05, 0) is 26.1 Å². The second-order valence-corrected chi connectivity index (χ2v) is 4.93. The molecule has 1 amide bonds. The molecule has 14 heavy (non-hydrogen) atoms. The van der Waals surface area contributed by atoms with Crippen LogP contribution in [0.2, 0.25) is 0 Å². The van der Waals surface area contributed by atoms with Gasteiger partial charge in [-0.1, -0.05) is 0 Å². The highest BCUT2D eigenvalue weighted by Crippen LogP contribution is 2.33. The van der Waals surface area contributed by atoms with Gasteiger partial charge in [0.2, 0.25) is 0 Å². The van der Waals surface area contributed by atoms with Crippen LogP contribution in [0.1, 0.15) is 26.7 Å². The molecule has 0 aromatic rings. The molecule has 0 aliphatic carbocycles. The number of carbonyl (C=O) groups is 1. The Kier molecular flexibility index (Phi) is 2.04. The molecule has 2 fully saturated rings. The summed E-state index contributed by atoms with van der Waals surface area (Å²) >= 11 is 4.94. The number of ether oxygens (including phenoxy) is 1. The Labute approximate surface area is 88.4 Å². The Morgan fingerprint density at radius 2 is 2.21 bits per heavy atom. The average molecular weight is 214 g/mol. The monoisotopic (exact) mass is 214 g/mol. The standard InChI is InChI=1S/C9H14N2O2S/c1-8(2)5-9(3-4-13-8)6(12)10-7(14)11-9/h3-5H2,1-2H3,(H2,10,11,12,14). The van der Waals surface area contributed by atoms with Crippen LogP contribution >= 0.6 is 12.2 Å². The van der Waals surface area contributed by atoms with Crippen molar-refractivity contribution in [2.45, 2.75) is 37.8 Å². The van der Waals surface area contributed by atoms with Crippen LogP contribution in [0.15, 0.2) is 0 Å². The van der Waals surface area contributed by atoms with Gasteiger partial charge in [0.1, 0.15) is 5.54 Å². The van der Waals surface area contributed by atoms with Crippen LogP contribution in [0.25, 0.3) is 0 Å². The van der Waals surface area contributed by atoms with Gasteiger partial charge < -0.3 is 15.4 Å². The summed E-state index contributed by atoms with van der Waals surface area (Å²) in [7, 11) is 0.